The lowest BCUT2D eigenvalue weighted by Crippen LogP contribution is -2.14. The van der Waals surface area contributed by atoms with Crippen molar-refractivity contribution in [3.8, 4) is 0 Å². The lowest BCUT2D eigenvalue weighted by molar-refractivity contribution is -0.137. The quantitative estimate of drug-likeness (QED) is 0.418. The van der Waals surface area contributed by atoms with E-state index in [1.165, 1.54) is 0 Å². The molecule has 0 unspecified atom stereocenters. The molecule has 0 aliphatic heterocycles. The average Bonchev–Trinajstić information content (AvgIpc) is 2.51. The number of nitrogens with one attached hydrogen (secondary N) is 2. The molecule has 0 aliphatic rings. The maximum atomic E-state index is 11.7. The lowest BCUT2D eigenvalue weighted by atomic mass is 10.2. The van der Waals surface area contributed by atoms with Crippen molar-refractivity contribution < 1.29 is 29.0 Å². The molecule has 24 heavy (non-hydrogen) atoms. The molecule has 0 heterocycles. The van der Waals surface area contributed by atoms with E-state index in [1.54, 1.807) is 24.3 Å². The molecular formula is C16H20N2O6. The van der Waals surface area contributed by atoms with Crippen molar-refractivity contribution in [1.82, 2.24) is 0 Å². The van der Waals surface area contributed by atoms with Gasteiger partial charge < -0.3 is 20.5 Å². The molecule has 0 aromatic heterocycles. The second-order valence-corrected chi connectivity index (χ2v) is 5.00. The van der Waals surface area contributed by atoms with Gasteiger partial charge >= 0.3 is 5.97 Å². The van der Waals surface area contributed by atoms with E-state index < -0.39 is 5.97 Å². The van der Waals surface area contributed by atoms with E-state index in [2.05, 4.69) is 15.4 Å². The molecule has 0 radical (unpaired) electrons. The summed E-state index contributed by atoms with van der Waals surface area (Å²) in [6.45, 7) is 0.518. The minimum atomic E-state index is -0.939. The normalized spacial score (nSPS) is 9.83. The third kappa shape index (κ3) is 8.52. The Bertz CT molecular complexity index is 588. The zero-order chi connectivity index (χ0) is 17.8. The monoisotopic (exact) mass is 336 g/mol. The fraction of sp³-hybridized carbons (Fsp3) is 0.375. The van der Waals surface area contributed by atoms with Crippen LogP contribution < -0.4 is 10.6 Å². The Morgan fingerprint density at radius 2 is 1.58 bits per heavy atom. The zero-order valence-corrected chi connectivity index (χ0v) is 13.1. The molecule has 0 bridgehead atoms. The highest BCUT2D eigenvalue weighted by molar-refractivity contribution is 5.94. The summed E-state index contributed by atoms with van der Waals surface area (Å²) >= 11 is 0. The summed E-state index contributed by atoms with van der Waals surface area (Å²) < 4.78 is 4.50. The molecule has 0 saturated carbocycles. The number of carbonyl (C=O) groups excluding carboxylic acids is 3. The number of hydrogen-bond donors (Lipinski definition) is 3. The summed E-state index contributed by atoms with van der Waals surface area (Å²) in [6.07, 6.45) is 0.946. The van der Waals surface area contributed by atoms with E-state index in [0.29, 0.717) is 24.3 Å². The fourth-order valence-electron chi connectivity index (χ4n) is 1.89. The van der Waals surface area contributed by atoms with Crippen LogP contribution in [0.2, 0.25) is 0 Å². The Morgan fingerprint density at radius 1 is 1.00 bits per heavy atom. The lowest BCUT2D eigenvalue weighted by Gasteiger charge is -2.09. The summed E-state index contributed by atoms with van der Waals surface area (Å²) in [7, 11) is 0. The number of amides is 2. The molecule has 0 spiro atoms. The third-order valence-electron chi connectivity index (χ3n) is 2.96. The van der Waals surface area contributed by atoms with Crippen LogP contribution >= 0.6 is 0 Å². The minimum absolute atomic E-state index is 0.0582. The molecule has 1 rings (SSSR count). The number of aliphatic carboxylic acids is 1. The van der Waals surface area contributed by atoms with Crippen LogP contribution in [0.25, 0.3) is 0 Å². The van der Waals surface area contributed by atoms with E-state index in [9.17, 15) is 19.2 Å². The van der Waals surface area contributed by atoms with E-state index in [0.717, 1.165) is 0 Å². The van der Waals surface area contributed by atoms with Crippen LogP contribution in [0.5, 0.6) is 0 Å². The topological polar surface area (TPSA) is 122 Å². The van der Waals surface area contributed by atoms with Crippen LogP contribution in [0.15, 0.2) is 24.3 Å². The van der Waals surface area contributed by atoms with Gasteiger partial charge in [-0.25, -0.2) is 0 Å². The Morgan fingerprint density at radius 3 is 2.12 bits per heavy atom. The van der Waals surface area contributed by atoms with Crippen molar-refractivity contribution in [3.05, 3.63) is 24.3 Å². The zero-order valence-electron chi connectivity index (χ0n) is 13.1. The maximum Gasteiger partial charge on any atom is 0.303 e. The van der Waals surface area contributed by atoms with Crippen molar-refractivity contribution in [1.29, 1.82) is 0 Å². The summed E-state index contributed by atoms with van der Waals surface area (Å²) in [4.78, 5) is 43.8. The van der Waals surface area contributed by atoms with Gasteiger partial charge in [0.25, 0.3) is 6.47 Å². The summed E-state index contributed by atoms with van der Waals surface area (Å²) in [6, 6.07) is 6.63. The second kappa shape index (κ2) is 10.8. The molecule has 0 saturated heterocycles. The maximum absolute atomic E-state index is 11.7. The van der Waals surface area contributed by atoms with Gasteiger partial charge in [-0.1, -0.05) is 6.07 Å². The molecule has 0 fully saturated rings. The van der Waals surface area contributed by atoms with E-state index in [4.69, 9.17) is 5.11 Å². The van der Waals surface area contributed by atoms with Gasteiger partial charge in [-0.3, -0.25) is 19.2 Å². The number of ether oxygens (including phenoxy) is 1. The van der Waals surface area contributed by atoms with E-state index >= 15 is 0 Å². The SMILES string of the molecule is O=COCCCC(=O)Nc1cccc(NC(=O)CCCC(=O)O)c1. The van der Waals surface area contributed by atoms with Crippen LogP contribution in [0.4, 0.5) is 11.4 Å². The van der Waals surface area contributed by atoms with Gasteiger partial charge in [0.2, 0.25) is 11.8 Å². The predicted octanol–water partition coefficient (Wildman–Crippen LogP) is 1.77. The van der Waals surface area contributed by atoms with Crippen LogP contribution in [0.1, 0.15) is 32.1 Å². The van der Waals surface area contributed by atoms with Gasteiger partial charge in [-0.2, -0.15) is 0 Å². The molecule has 2 amide bonds. The standard InChI is InChI=1S/C16H20N2O6/c19-11-24-9-3-7-15(21)18-13-5-1-4-12(10-13)17-14(20)6-2-8-16(22)23/h1,4-5,10-11H,2-3,6-9H2,(H,17,20)(H,18,21)(H,22,23). The van der Waals surface area contributed by atoms with Gasteiger partial charge in [-0.05, 0) is 31.0 Å². The molecule has 130 valence electrons. The van der Waals surface area contributed by atoms with Crippen molar-refractivity contribution in [2.45, 2.75) is 32.1 Å². The summed E-state index contributed by atoms with van der Waals surface area (Å²) in [5, 5.41) is 13.9. The first-order chi connectivity index (χ1) is 11.5. The van der Waals surface area contributed by atoms with Gasteiger partial charge in [0.15, 0.2) is 0 Å². The average molecular weight is 336 g/mol. The Balaban J connectivity index is 2.42. The van der Waals surface area contributed by atoms with Crippen LogP contribution in [0.3, 0.4) is 0 Å². The number of hydrogen-bond acceptors (Lipinski definition) is 5. The highest BCUT2D eigenvalue weighted by Gasteiger charge is 2.06. The number of rotatable bonds is 11. The molecule has 8 heteroatoms. The Labute approximate surface area is 139 Å². The van der Waals surface area contributed by atoms with Crippen LogP contribution in [-0.4, -0.2) is 36.0 Å². The second-order valence-electron chi connectivity index (χ2n) is 5.00. The number of anilines is 2. The highest BCUT2D eigenvalue weighted by atomic mass is 16.5. The first kappa shape index (κ1) is 19.1. The van der Waals surface area contributed by atoms with E-state index in [-0.39, 0.29) is 44.1 Å². The molecular weight excluding hydrogens is 316 g/mol. The van der Waals surface area contributed by atoms with Crippen LogP contribution in [0, 0.1) is 0 Å². The number of benzene rings is 1. The molecule has 1 aromatic carbocycles. The Hall–Kier alpha value is -2.90. The molecule has 0 aliphatic carbocycles. The van der Waals surface area contributed by atoms with Crippen molar-refractivity contribution in [2.24, 2.45) is 0 Å². The molecule has 3 N–H and O–H groups in total. The summed E-state index contributed by atoms with van der Waals surface area (Å²) in [5.41, 5.74) is 1.04. The van der Waals surface area contributed by atoms with Gasteiger partial charge in [0, 0.05) is 30.6 Å². The van der Waals surface area contributed by atoms with Crippen LogP contribution in [-0.2, 0) is 23.9 Å². The smallest absolute Gasteiger partial charge is 0.303 e. The van der Waals surface area contributed by atoms with Crippen molar-refractivity contribution in [2.75, 3.05) is 17.2 Å². The van der Waals surface area contributed by atoms with Gasteiger partial charge in [0.1, 0.15) is 0 Å². The molecule has 1 aromatic rings. The van der Waals surface area contributed by atoms with Gasteiger partial charge in [-0.15, -0.1) is 0 Å². The minimum Gasteiger partial charge on any atom is -0.481 e. The molecule has 8 nitrogen and oxygen atoms in total. The first-order valence-corrected chi connectivity index (χ1v) is 7.48. The number of carbonyl (C=O) groups is 4. The van der Waals surface area contributed by atoms with Crippen molar-refractivity contribution in [3.63, 3.8) is 0 Å². The molecule has 0 atom stereocenters. The first-order valence-electron chi connectivity index (χ1n) is 7.48. The van der Waals surface area contributed by atoms with Crippen molar-refractivity contribution >= 4 is 35.6 Å². The third-order valence-corrected chi connectivity index (χ3v) is 2.96. The number of carboxylic acids is 1. The number of carboxylic acid groups (broad SMARTS) is 1. The fourth-order valence-corrected chi connectivity index (χ4v) is 1.89. The summed E-state index contributed by atoms with van der Waals surface area (Å²) in [5.74, 6) is -1.45. The van der Waals surface area contributed by atoms with E-state index in [1.807, 2.05) is 0 Å². The predicted molar refractivity (Wildman–Crippen MR) is 86.4 cm³/mol. The highest BCUT2D eigenvalue weighted by Crippen LogP contribution is 2.16. The largest absolute Gasteiger partial charge is 0.481 e. The Kier molecular flexibility index (Phi) is 8.59. The van der Waals surface area contributed by atoms with Gasteiger partial charge in [0.05, 0.1) is 6.61 Å².